The van der Waals surface area contributed by atoms with Crippen molar-refractivity contribution in [2.75, 3.05) is 24.6 Å². The maximum atomic E-state index is 11.2. The first-order valence-corrected chi connectivity index (χ1v) is 6.47. The summed E-state index contributed by atoms with van der Waals surface area (Å²) < 4.78 is 5.56. The van der Waals surface area contributed by atoms with Gasteiger partial charge in [-0.1, -0.05) is 6.92 Å². The molecule has 0 spiro atoms. The number of nitrogens with zero attached hydrogens (tertiary/aromatic N) is 2. The van der Waals surface area contributed by atoms with Crippen molar-refractivity contribution in [3.05, 3.63) is 33.9 Å². The molecule has 1 unspecified atom stereocenters. The molecule has 7 nitrogen and oxygen atoms in total. The predicted octanol–water partition coefficient (Wildman–Crippen LogP) is 1.31. The number of morpholine rings is 1. The van der Waals surface area contributed by atoms with Gasteiger partial charge < -0.3 is 15.4 Å². The van der Waals surface area contributed by atoms with Crippen molar-refractivity contribution in [1.82, 2.24) is 0 Å². The van der Waals surface area contributed by atoms with Gasteiger partial charge in [-0.3, -0.25) is 14.9 Å². The highest BCUT2D eigenvalue weighted by Gasteiger charge is 2.26. The standard InChI is InChI=1S/C13H17N3O4/c1-2-10-8-15(5-6-20-10)11-4-3-9(13(14)17)7-12(11)16(18)19/h3-4,7,10H,2,5-6,8H2,1H3,(H2,14,17). The molecule has 0 aliphatic carbocycles. The minimum Gasteiger partial charge on any atom is -0.375 e. The second kappa shape index (κ2) is 5.87. The smallest absolute Gasteiger partial charge is 0.293 e. The van der Waals surface area contributed by atoms with Crippen molar-refractivity contribution >= 4 is 17.3 Å². The molecule has 0 bridgehead atoms. The molecule has 2 rings (SSSR count). The number of primary amides is 1. The van der Waals surface area contributed by atoms with Crippen LogP contribution in [0.3, 0.4) is 0 Å². The molecule has 108 valence electrons. The molecule has 20 heavy (non-hydrogen) atoms. The van der Waals surface area contributed by atoms with Crippen molar-refractivity contribution in [1.29, 1.82) is 0 Å². The van der Waals surface area contributed by atoms with E-state index in [0.29, 0.717) is 25.4 Å². The minimum atomic E-state index is -0.673. The molecule has 1 aliphatic rings. The normalized spacial score (nSPS) is 18.9. The number of benzene rings is 1. The van der Waals surface area contributed by atoms with Gasteiger partial charge in [0.25, 0.3) is 5.69 Å². The van der Waals surface area contributed by atoms with Crippen LogP contribution in [0.2, 0.25) is 0 Å². The Morgan fingerprint density at radius 3 is 2.95 bits per heavy atom. The van der Waals surface area contributed by atoms with Crippen LogP contribution in [0.15, 0.2) is 18.2 Å². The van der Waals surface area contributed by atoms with Crippen LogP contribution in [-0.2, 0) is 4.74 Å². The van der Waals surface area contributed by atoms with Gasteiger partial charge in [-0.2, -0.15) is 0 Å². The fraction of sp³-hybridized carbons (Fsp3) is 0.462. The lowest BCUT2D eigenvalue weighted by Gasteiger charge is -2.33. The molecule has 0 radical (unpaired) electrons. The third-order valence-electron chi connectivity index (χ3n) is 3.39. The molecule has 7 heteroatoms. The van der Waals surface area contributed by atoms with Crippen LogP contribution < -0.4 is 10.6 Å². The molecule has 1 aromatic rings. The third-order valence-corrected chi connectivity index (χ3v) is 3.39. The molecule has 2 N–H and O–H groups in total. The van der Waals surface area contributed by atoms with E-state index in [0.717, 1.165) is 6.42 Å². The Morgan fingerprint density at radius 2 is 2.35 bits per heavy atom. The summed E-state index contributed by atoms with van der Waals surface area (Å²) in [5.41, 5.74) is 5.70. The van der Waals surface area contributed by atoms with E-state index in [-0.39, 0.29) is 17.4 Å². The van der Waals surface area contributed by atoms with Gasteiger partial charge in [0.15, 0.2) is 0 Å². The highest BCUT2D eigenvalue weighted by Crippen LogP contribution is 2.30. The zero-order valence-electron chi connectivity index (χ0n) is 11.2. The average Bonchev–Trinajstić information content (AvgIpc) is 2.46. The third kappa shape index (κ3) is 2.88. The van der Waals surface area contributed by atoms with E-state index >= 15 is 0 Å². The highest BCUT2D eigenvalue weighted by molar-refractivity contribution is 5.94. The summed E-state index contributed by atoms with van der Waals surface area (Å²) in [4.78, 5) is 23.7. The fourth-order valence-electron chi connectivity index (χ4n) is 2.28. The lowest BCUT2D eigenvalue weighted by molar-refractivity contribution is -0.384. The summed E-state index contributed by atoms with van der Waals surface area (Å²) in [7, 11) is 0. The lowest BCUT2D eigenvalue weighted by Crippen LogP contribution is -2.42. The van der Waals surface area contributed by atoms with E-state index in [1.807, 2.05) is 11.8 Å². The predicted molar refractivity (Wildman–Crippen MR) is 73.9 cm³/mol. The number of anilines is 1. The maximum Gasteiger partial charge on any atom is 0.293 e. The molecule has 1 saturated heterocycles. The van der Waals surface area contributed by atoms with Gasteiger partial charge in [0.2, 0.25) is 5.91 Å². The Morgan fingerprint density at radius 1 is 1.60 bits per heavy atom. The summed E-state index contributed by atoms with van der Waals surface area (Å²) in [6.45, 7) is 3.74. The molecule has 1 heterocycles. The van der Waals surface area contributed by atoms with Crippen molar-refractivity contribution in [2.24, 2.45) is 5.73 Å². The molecule has 1 aliphatic heterocycles. The second-order valence-electron chi connectivity index (χ2n) is 4.67. The average molecular weight is 279 g/mol. The summed E-state index contributed by atoms with van der Waals surface area (Å²) >= 11 is 0. The topological polar surface area (TPSA) is 98.7 Å². The number of ether oxygens (including phenoxy) is 1. The quantitative estimate of drug-likeness (QED) is 0.661. The van der Waals surface area contributed by atoms with Crippen molar-refractivity contribution in [3.63, 3.8) is 0 Å². The van der Waals surface area contributed by atoms with Gasteiger partial charge in [-0.15, -0.1) is 0 Å². The van der Waals surface area contributed by atoms with Crippen molar-refractivity contribution in [2.45, 2.75) is 19.4 Å². The van der Waals surface area contributed by atoms with Gasteiger partial charge in [0, 0.05) is 24.7 Å². The first-order chi connectivity index (χ1) is 9.52. The van der Waals surface area contributed by atoms with Crippen LogP contribution >= 0.6 is 0 Å². The first-order valence-electron chi connectivity index (χ1n) is 6.47. The minimum absolute atomic E-state index is 0.0687. The Balaban J connectivity index is 2.35. The van der Waals surface area contributed by atoms with E-state index in [1.165, 1.54) is 12.1 Å². The molecule has 0 aromatic heterocycles. The molecular weight excluding hydrogens is 262 g/mol. The first kappa shape index (κ1) is 14.3. The zero-order valence-corrected chi connectivity index (χ0v) is 11.2. The number of rotatable bonds is 4. The van der Waals surface area contributed by atoms with Crippen LogP contribution in [-0.4, -0.2) is 36.6 Å². The Labute approximate surface area is 116 Å². The highest BCUT2D eigenvalue weighted by atomic mass is 16.6. The summed E-state index contributed by atoms with van der Waals surface area (Å²) in [6, 6.07) is 4.32. The molecular formula is C13H17N3O4. The summed E-state index contributed by atoms with van der Waals surface area (Å²) in [5.74, 6) is -0.673. The van der Waals surface area contributed by atoms with Crippen LogP contribution in [0.5, 0.6) is 0 Å². The number of carbonyl (C=O) groups excluding carboxylic acids is 1. The molecule has 1 amide bonds. The zero-order chi connectivity index (χ0) is 14.7. The van der Waals surface area contributed by atoms with Crippen LogP contribution in [0.25, 0.3) is 0 Å². The van der Waals surface area contributed by atoms with E-state index in [2.05, 4.69) is 0 Å². The van der Waals surface area contributed by atoms with Gasteiger partial charge in [-0.25, -0.2) is 0 Å². The van der Waals surface area contributed by atoms with Crippen molar-refractivity contribution < 1.29 is 14.5 Å². The maximum absolute atomic E-state index is 11.2. The number of nitro benzene ring substituents is 1. The number of hydrogen-bond acceptors (Lipinski definition) is 5. The molecule has 1 fully saturated rings. The van der Waals surface area contributed by atoms with Crippen LogP contribution in [0.4, 0.5) is 11.4 Å². The Kier molecular flexibility index (Phi) is 4.19. The largest absolute Gasteiger partial charge is 0.375 e. The summed E-state index contributed by atoms with van der Waals surface area (Å²) in [6.07, 6.45) is 0.920. The SMILES string of the molecule is CCC1CN(c2ccc(C(N)=O)cc2[N+](=O)[O-])CCO1. The number of nitro groups is 1. The van der Waals surface area contributed by atoms with E-state index in [9.17, 15) is 14.9 Å². The van der Waals surface area contributed by atoms with E-state index in [4.69, 9.17) is 10.5 Å². The van der Waals surface area contributed by atoms with Gasteiger partial charge in [0.05, 0.1) is 17.6 Å². The van der Waals surface area contributed by atoms with E-state index in [1.54, 1.807) is 6.07 Å². The number of amides is 1. The Bertz CT molecular complexity index is 532. The van der Waals surface area contributed by atoms with Crippen molar-refractivity contribution in [3.8, 4) is 0 Å². The number of nitrogens with two attached hydrogens (primary N) is 1. The number of hydrogen-bond donors (Lipinski definition) is 1. The summed E-state index contributed by atoms with van der Waals surface area (Å²) in [5, 5.41) is 11.2. The molecule has 1 aromatic carbocycles. The molecule has 1 atom stereocenters. The lowest BCUT2D eigenvalue weighted by atomic mass is 10.1. The number of carbonyl (C=O) groups is 1. The van der Waals surface area contributed by atoms with E-state index < -0.39 is 10.8 Å². The monoisotopic (exact) mass is 279 g/mol. The van der Waals surface area contributed by atoms with Crippen LogP contribution in [0, 0.1) is 10.1 Å². The van der Waals surface area contributed by atoms with Gasteiger partial charge >= 0.3 is 0 Å². The Hall–Kier alpha value is -2.15. The van der Waals surface area contributed by atoms with Gasteiger partial charge in [-0.05, 0) is 18.6 Å². The second-order valence-corrected chi connectivity index (χ2v) is 4.67. The van der Waals surface area contributed by atoms with Crippen LogP contribution in [0.1, 0.15) is 23.7 Å². The fourth-order valence-corrected chi connectivity index (χ4v) is 2.28. The van der Waals surface area contributed by atoms with Gasteiger partial charge in [0.1, 0.15) is 5.69 Å². The molecule has 0 saturated carbocycles.